The summed E-state index contributed by atoms with van der Waals surface area (Å²) >= 11 is 1.82. The second-order valence-electron chi connectivity index (χ2n) is 5.26. The van der Waals surface area contributed by atoms with Gasteiger partial charge in [0.15, 0.2) is 0 Å². The summed E-state index contributed by atoms with van der Waals surface area (Å²) in [4.78, 5) is 3.70. The van der Waals surface area contributed by atoms with Crippen LogP contribution in [0.1, 0.15) is 23.3 Å². The molecule has 1 aromatic carbocycles. The molecule has 1 N–H and O–H groups in total. The molecule has 1 aromatic heterocycles. The van der Waals surface area contributed by atoms with Gasteiger partial charge in [0.05, 0.1) is 6.54 Å². The van der Waals surface area contributed by atoms with Crippen LogP contribution < -0.4 is 10.2 Å². The van der Waals surface area contributed by atoms with Gasteiger partial charge in [-0.25, -0.2) is 0 Å². The van der Waals surface area contributed by atoms with Crippen LogP contribution in [0, 0.1) is 0 Å². The fourth-order valence-electron chi connectivity index (χ4n) is 2.15. The average molecular weight is 272 g/mol. The molecule has 100 valence electrons. The van der Waals surface area contributed by atoms with Crippen LogP contribution >= 0.6 is 11.3 Å². The van der Waals surface area contributed by atoms with Gasteiger partial charge < -0.3 is 10.2 Å². The molecule has 0 unspecified atom stereocenters. The fraction of sp³-hybridized carbons (Fsp3) is 0.375. The zero-order valence-electron chi connectivity index (χ0n) is 11.3. The van der Waals surface area contributed by atoms with Crippen LogP contribution in [-0.2, 0) is 13.1 Å². The van der Waals surface area contributed by atoms with E-state index in [4.69, 9.17) is 0 Å². The van der Waals surface area contributed by atoms with Crippen LogP contribution in [0.3, 0.4) is 0 Å². The van der Waals surface area contributed by atoms with Crippen LogP contribution in [-0.4, -0.2) is 13.1 Å². The Balaban J connectivity index is 1.57. The van der Waals surface area contributed by atoms with E-state index in [0.29, 0.717) is 0 Å². The normalized spacial score (nSPS) is 14.6. The first-order chi connectivity index (χ1) is 9.31. The van der Waals surface area contributed by atoms with Crippen molar-refractivity contribution in [3.63, 3.8) is 0 Å². The molecule has 0 radical (unpaired) electrons. The van der Waals surface area contributed by atoms with Crippen molar-refractivity contribution in [2.75, 3.05) is 11.9 Å². The Morgan fingerprint density at radius 3 is 2.63 bits per heavy atom. The first-order valence-electron chi connectivity index (χ1n) is 6.87. The van der Waals surface area contributed by atoms with Crippen molar-refractivity contribution in [3.8, 4) is 0 Å². The van der Waals surface area contributed by atoms with E-state index in [-0.39, 0.29) is 0 Å². The SMILES string of the molecule is CN(Cc1cccs1)c1ccc(CNC2CC2)cc1. The van der Waals surface area contributed by atoms with Crippen molar-refractivity contribution in [2.24, 2.45) is 0 Å². The maximum Gasteiger partial charge on any atom is 0.0519 e. The molecule has 2 aromatic rings. The van der Waals surface area contributed by atoms with Gasteiger partial charge in [0, 0.05) is 30.2 Å². The largest absolute Gasteiger partial charge is 0.369 e. The van der Waals surface area contributed by atoms with Gasteiger partial charge in [-0.3, -0.25) is 0 Å². The zero-order chi connectivity index (χ0) is 13.1. The predicted octanol–water partition coefficient (Wildman–Crippen LogP) is 3.64. The second-order valence-corrected chi connectivity index (χ2v) is 6.29. The standard InChI is InChI=1S/C16H20N2S/c1-18(12-16-3-2-10-19-16)15-8-4-13(5-9-15)11-17-14-6-7-14/h2-5,8-10,14,17H,6-7,11-12H2,1H3. The number of hydrogen-bond acceptors (Lipinski definition) is 3. The van der Waals surface area contributed by atoms with E-state index < -0.39 is 0 Å². The monoisotopic (exact) mass is 272 g/mol. The minimum atomic E-state index is 0.779. The Bertz CT molecular complexity index is 500. The maximum atomic E-state index is 3.55. The molecule has 1 fully saturated rings. The van der Waals surface area contributed by atoms with Gasteiger partial charge in [0.2, 0.25) is 0 Å². The van der Waals surface area contributed by atoms with Gasteiger partial charge in [0.1, 0.15) is 0 Å². The van der Waals surface area contributed by atoms with Crippen molar-refractivity contribution in [2.45, 2.75) is 32.0 Å². The van der Waals surface area contributed by atoms with Crippen molar-refractivity contribution < 1.29 is 0 Å². The van der Waals surface area contributed by atoms with Crippen LogP contribution in [0.25, 0.3) is 0 Å². The number of hydrogen-bond donors (Lipinski definition) is 1. The van der Waals surface area contributed by atoms with E-state index in [0.717, 1.165) is 19.1 Å². The lowest BCUT2D eigenvalue weighted by molar-refractivity contribution is 0.688. The molecule has 1 aliphatic rings. The molecule has 0 amide bonds. The first kappa shape index (κ1) is 12.7. The minimum Gasteiger partial charge on any atom is -0.369 e. The van der Waals surface area contributed by atoms with Crippen LogP contribution in [0.5, 0.6) is 0 Å². The molecule has 1 heterocycles. The molecule has 0 atom stereocenters. The molecule has 3 heteroatoms. The number of rotatable bonds is 6. The highest BCUT2D eigenvalue weighted by Gasteiger charge is 2.19. The Hall–Kier alpha value is -1.32. The van der Waals surface area contributed by atoms with Gasteiger partial charge >= 0.3 is 0 Å². The highest BCUT2D eigenvalue weighted by atomic mass is 32.1. The lowest BCUT2D eigenvalue weighted by atomic mass is 10.2. The Kier molecular flexibility index (Phi) is 3.85. The highest BCUT2D eigenvalue weighted by molar-refractivity contribution is 7.09. The van der Waals surface area contributed by atoms with Gasteiger partial charge in [0.25, 0.3) is 0 Å². The average Bonchev–Trinajstić information content (AvgIpc) is 3.13. The summed E-state index contributed by atoms with van der Waals surface area (Å²) in [5.74, 6) is 0. The number of anilines is 1. The Labute approximate surface area is 119 Å². The molecular weight excluding hydrogens is 252 g/mol. The number of thiophene rings is 1. The smallest absolute Gasteiger partial charge is 0.0519 e. The predicted molar refractivity (Wildman–Crippen MR) is 82.7 cm³/mol. The first-order valence-corrected chi connectivity index (χ1v) is 7.75. The van der Waals surface area contributed by atoms with Crippen LogP contribution in [0.15, 0.2) is 41.8 Å². The maximum absolute atomic E-state index is 3.55. The van der Waals surface area contributed by atoms with Crippen molar-refractivity contribution >= 4 is 17.0 Å². The quantitative estimate of drug-likeness (QED) is 0.863. The zero-order valence-corrected chi connectivity index (χ0v) is 12.1. The summed E-state index contributed by atoms with van der Waals surface area (Å²) in [5.41, 5.74) is 2.66. The summed E-state index contributed by atoms with van der Waals surface area (Å²) in [6.07, 6.45) is 2.70. The molecule has 3 rings (SSSR count). The van der Waals surface area contributed by atoms with Crippen molar-refractivity contribution in [1.82, 2.24) is 5.32 Å². The van der Waals surface area contributed by atoms with E-state index in [2.05, 4.69) is 59.0 Å². The van der Waals surface area contributed by atoms with Gasteiger partial charge in [-0.15, -0.1) is 11.3 Å². The molecule has 0 aliphatic heterocycles. The molecule has 0 spiro atoms. The summed E-state index contributed by atoms with van der Waals surface area (Å²) in [6, 6.07) is 14.0. The van der Waals surface area contributed by atoms with E-state index in [1.807, 2.05) is 11.3 Å². The number of nitrogens with zero attached hydrogens (tertiary/aromatic N) is 1. The molecule has 1 saturated carbocycles. The number of nitrogens with one attached hydrogen (secondary N) is 1. The lowest BCUT2D eigenvalue weighted by Crippen LogP contribution is -2.17. The molecule has 2 nitrogen and oxygen atoms in total. The number of benzene rings is 1. The van der Waals surface area contributed by atoms with Gasteiger partial charge in [-0.2, -0.15) is 0 Å². The molecule has 19 heavy (non-hydrogen) atoms. The lowest BCUT2D eigenvalue weighted by Gasteiger charge is -2.18. The third-order valence-corrected chi connectivity index (χ3v) is 4.38. The molecule has 0 saturated heterocycles. The van der Waals surface area contributed by atoms with Gasteiger partial charge in [-0.1, -0.05) is 18.2 Å². The minimum absolute atomic E-state index is 0.779. The molecule has 1 aliphatic carbocycles. The van der Waals surface area contributed by atoms with Gasteiger partial charge in [-0.05, 0) is 42.0 Å². The Morgan fingerprint density at radius 2 is 2.00 bits per heavy atom. The Morgan fingerprint density at radius 1 is 1.21 bits per heavy atom. The summed E-state index contributed by atoms with van der Waals surface area (Å²) in [5, 5.41) is 5.68. The van der Waals surface area contributed by atoms with Crippen LogP contribution in [0.2, 0.25) is 0 Å². The van der Waals surface area contributed by atoms with E-state index in [1.165, 1.54) is 29.0 Å². The third kappa shape index (κ3) is 3.58. The van der Waals surface area contributed by atoms with Crippen molar-refractivity contribution in [3.05, 3.63) is 52.2 Å². The summed E-state index contributed by atoms with van der Waals surface area (Å²) in [7, 11) is 2.15. The molecular formula is C16H20N2S. The summed E-state index contributed by atoms with van der Waals surface area (Å²) < 4.78 is 0. The van der Waals surface area contributed by atoms with Crippen molar-refractivity contribution in [1.29, 1.82) is 0 Å². The molecule has 0 bridgehead atoms. The third-order valence-electron chi connectivity index (χ3n) is 3.52. The highest BCUT2D eigenvalue weighted by Crippen LogP contribution is 2.21. The van der Waals surface area contributed by atoms with E-state index in [9.17, 15) is 0 Å². The van der Waals surface area contributed by atoms with E-state index in [1.54, 1.807) is 0 Å². The fourth-order valence-corrected chi connectivity index (χ4v) is 2.90. The second kappa shape index (κ2) is 5.76. The topological polar surface area (TPSA) is 15.3 Å². The van der Waals surface area contributed by atoms with Crippen LogP contribution in [0.4, 0.5) is 5.69 Å². The summed E-state index contributed by atoms with van der Waals surface area (Å²) in [6.45, 7) is 1.98. The van der Waals surface area contributed by atoms with E-state index >= 15 is 0 Å².